The summed E-state index contributed by atoms with van der Waals surface area (Å²) in [5, 5.41) is 6.21. The van der Waals surface area contributed by atoms with Gasteiger partial charge >= 0.3 is 0 Å². The lowest BCUT2D eigenvalue weighted by Crippen LogP contribution is -2.40. The van der Waals surface area contributed by atoms with Crippen LogP contribution in [0.3, 0.4) is 0 Å². The van der Waals surface area contributed by atoms with Crippen LogP contribution in [-0.2, 0) is 27.2 Å². The van der Waals surface area contributed by atoms with E-state index in [0.29, 0.717) is 25.1 Å². The van der Waals surface area contributed by atoms with Crippen LogP contribution in [0, 0.1) is 11.8 Å². The molecule has 1 aromatic carbocycles. The number of thiol groups is 1. The highest BCUT2D eigenvalue weighted by Crippen LogP contribution is 2.32. The van der Waals surface area contributed by atoms with Crippen LogP contribution >= 0.6 is 24.4 Å². The Hall–Kier alpha value is -1.83. The first-order valence-electron chi connectivity index (χ1n) is 9.46. The summed E-state index contributed by atoms with van der Waals surface area (Å²) >= 11 is 5.28. The summed E-state index contributed by atoms with van der Waals surface area (Å²) in [6.45, 7) is 0.595. The lowest BCUT2D eigenvalue weighted by Gasteiger charge is -2.27. The van der Waals surface area contributed by atoms with Gasteiger partial charge in [0.1, 0.15) is 0 Å². The normalized spacial score (nSPS) is 24.2. The molecule has 1 aliphatic carbocycles. The van der Waals surface area contributed by atoms with Crippen molar-refractivity contribution in [2.75, 3.05) is 6.54 Å². The molecule has 1 fully saturated rings. The Morgan fingerprint density at radius 2 is 1.89 bits per heavy atom. The van der Waals surface area contributed by atoms with Crippen molar-refractivity contribution in [3.8, 4) is 0 Å². The number of rotatable bonds is 5. The topological polar surface area (TPSA) is 66.5 Å². The predicted octanol–water partition coefficient (Wildman–Crippen LogP) is 2.68. The van der Waals surface area contributed by atoms with Crippen molar-refractivity contribution in [2.45, 2.75) is 31.7 Å². The third-order valence-corrected chi connectivity index (χ3v) is 6.59. The maximum Gasteiger partial charge on any atom is 0.231 e. The second kappa shape index (κ2) is 8.27. The molecule has 2 atom stereocenters. The van der Waals surface area contributed by atoms with E-state index in [1.54, 1.807) is 17.0 Å². The van der Waals surface area contributed by atoms with E-state index < -0.39 is 12.0 Å². The molecule has 2 heterocycles. The fourth-order valence-electron chi connectivity index (χ4n) is 4.31. The van der Waals surface area contributed by atoms with E-state index in [1.807, 2.05) is 12.1 Å². The van der Waals surface area contributed by atoms with Gasteiger partial charge in [0.05, 0.1) is 11.7 Å². The molecule has 146 valence electrons. The standard InChI is InChI=1S/C21H22N2O3S2/c24-18(11-13-9-14-3-1-2-4-15(14)10-13)23-7-8-28-12-17(23)20(25)16-5-6-22-19(16)21(26)27/h1-4,7-8,12-13,16,19,22H,5-6,9-11H2,(H,26,27)/t16?,19-/m0/s1. The SMILES string of the molecule is O=C(C1=CSC=CN1C(=O)CC1Cc2ccccc2C1)C1CCN[C@@H]1C(=O)S. The van der Waals surface area contributed by atoms with E-state index in [1.165, 1.54) is 27.8 Å². The summed E-state index contributed by atoms with van der Waals surface area (Å²) in [6, 6.07) is 7.71. The zero-order valence-corrected chi connectivity index (χ0v) is 17.0. The number of carbonyl (C=O) groups is 3. The number of nitrogens with zero attached hydrogens (tertiary/aromatic N) is 1. The maximum absolute atomic E-state index is 13.1. The van der Waals surface area contributed by atoms with Crippen molar-refractivity contribution in [2.24, 2.45) is 11.8 Å². The van der Waals surface area contributed by atoms with Crippen molar-refractivity contribution in [1.29, 1.82) is 0 Å². The van der Waals surface area contributed by atoms with Gasteiger partial charge in [-0.3, -0.25) is 19.3 Å². The van der Waals surface area contributed by atoms with Crippen molar-refractivity contribution >= 4 is 41.2 Å². The van der Waals surface area contributed by atoms with Crippen LogP contribution < -0.4 is 5.32 Å². The lowest BCUT2D eigenvalue weighted by molar-refractivity contribution is -0.131. The molecule has 1 amide bonds. The fourth-order valence-corrected chi connectivity index (χ4v) is 5.21. The van der Waals surface area contributed by atoms with Gasteiger partial charge in [0, 0.05) is 23.9 Å². The Balaban J connectivity index is 1.46. The summed E-state index contributed by atoms with van der Waals surface area (Å²) in [7, 11) is 0. The summed E-state index contributed by atoms with van der Waals surface area (Å²) in [4.78, 5) is 39.3. The fraction of sp³-hybridized carbons (Fsp3) is 0.381. The Morgan fingerprint density at radius 3 is 2.57 bits per heavy atom. The number of carbonyl (C=O) groups excluding carboxylic acids is 3. The molecular formula is C21H22N2O3S2. The predicted molar refractivity (Wildman–Crippen MR) is 113 cm³/mol. The number of Topliss-reactive ketones (excluding diaryl/α,β-unsaturated/α-hetero) is 1. The molecule has 1 saturated heterocycles. The van der Waals surface area contributed by atoms with Gasteiger partial charge < -0.3 is 5.32 Å². The van der Waals surface area contributed by atoms with E-state index in [2.05, 4.69) is 30.1 Å². The van der Waals surface area contributed by atoms with Crippen LogP contribution in [0.15, 0.2) is 47.0 Å². The number of nitrogens with one attached hydrogen (secondary N) is 1. The molecule has 5 nitrogen and oxygen atoms in total. The number of hydrogen-bond donors (Lipinski definition) is 2. The second-order valence-corrected chi connectivity index (χ2v) is 8.69. The molecule has 0 saturated carbocycles. The van der Waals surface area contributed by atoms with Crippen LogP contribution in [0.2, 0.25) is 0 Å². The van der Waals surface area contributed by atoms with Crippen molar-refractivity contribution in [1.82, 2.24) is 10.2 Å². The number of ketones is 1. The van der Waals surface area contributed by atoms with Gasteiger partial charge in [0.2, 0.25) is 11.0 Å². The number of amides is 1. The molecule has 7 heteroatoms. The minimum absolute atomic E-state index is 0.0753. The minimum Gasteiger partial charge on any atom is -0.306 e. The summed E-state index contributed by atoms with van der Waals surface area (Å²) < 4.78 is 0. The lowest BCUT2D eigenvalue weighted by atomic mass is 9.93. The molecule has 28 heavy (non-hydrogen) atoms. The Bertz CT molecular complexity index is 855. The number of fused-ring (bicyclic) bond motifs is 1. The van der Waals surface area contributed by atoms with Gasteiger partial charge in [-0.15, -0.1) is 24.4 Å². The Morgan fingerprint density at radius 1 is 1.18 bits per heavy atom. The maximum atomic E-state index is 13.1. The third kappa shape index (κ3) is 3.83. The molecule has 4 rings (SSSR count). The highest BCUT2D eigenvalue weighted by molar-refractivity contribution is 8.05. The van der Waals surface area contributed by atoms with E-state index >= 15 is 0 Å². The molecule has 0 bridgehead atoms. The van der Waals surface area contributed by atoms with E-state index in [0.717, 1.165) is 12.8 Å². The average molecular weight is 415 g/mol. The molecule has 0 aromatic heterocycles. The summed E-state index contributed by atoms with van der Waals surface area (Å²) in [5.74, 6) is -0.468. The molecule has 1 unspecified atom stereocenters. The average Bonchev–Trinajstić information content (AvgIpc) is 3.34. The third-order valence-electron chi connectivity index (χ3n) is 5.67. The van der Waals surface area contributed by atoms with Crippen LogP contribution in [0.5, 0.6) is 0 Å². The molecule has 1 aromatic rings. The van der Waals surface area contributed by atoms with Crippen LogP contribution in [0.4, 0.5) is 0 Å². The molecule has 0 radical (unpaired) electrons. The molecule has 3 aliphatic rings. The zero-order chi connectivity index (χ0) is 19.7. The summed E-state index contributed by atoms with van der Waals surface area (Å²) in [6.07, 6.45) is 4.42. The van der Waals surface area contributed by atoms with E-state index in [-0.39, 0.29) is 22.7 Å². The Kier molecular flexibility index (Phi) is 5.75. The van der Waals surface area contributed by atoms with Crippen LogP contribution in [0.25, 0.3) is 0 Å². The van der Waals surface area contributed by atoms with Crippen molar-refractivity contribution < 1.29 is 14.4 Å². The van der Waals surface area contributed by atoms with Crippen LogP contribution in [0.1, 0.15) is 24.0 Å². The van der Waals surface area contributed by atoms with E-state index in [9.17, 15) is 14.4 Å². The highest BCUT2D eigenvalue weighted by atomic mass is 32.2. The summed E-state index contributed by atoms with van der Waals surface area (Å²) in [5.41, 5.74) is 2.98. The second-order valence-electron chi connectivity index (χ2n) is 7.46. The zero-order valence-electron chi connectivity index (χ0n) is 15.3. The quantitative estimate of drug-likeness (QED) is 0.726. The Labute approximate surface area is 174 Å². The van der Waals surface area contributed by atoms with Gasteiger partial charge in [-0.1, -0.05) is 24.3 Å². The highest BCUT2D eigenvalue weighted by Gasteiger charge is 2.40. The first-order chi connectivity index (χ1) is 13.5. The monoisotopic (exact) mass is 414 g/mol. The van der Waals surface area contributed by atoms with Crippen molar-refractivity contribution in [3.63, 3.8) is 0 Å². The largest absolute Gasteiger partial charge is 0.306 e. The number of thioether (sulfide) groups is 1. The minimum atomic E-state index is -0.589. The number of allylic oxidation sites excluding steroid dienone is 1. The molecule has 0 spiro atoms. The molecular weight excluding hydrogens is 392 g/mol. The number of hydrogen-bond acceptors (Lipinski definition) is 5. The van der Waals surface area contributed by atoms with E-state index in [4.69, 9.17) is 0 Å². The van der Waals surface area contributed by atoms with Gasteiger partial charge in [-0.05, 0) is 48.3 Å². The first kappa shape index (κ1) is 19.5. The van der Waals surface area contributed by atoms with Crippen LogP contribution in [-0.4, -0.2) is 34.3 Å². The number of benzene rings is 1. The first-order valence-corrected chi connectivity index (χ1v) is 10.8. The van der Waals surface area contributed by atoms with Gasteiger partial charge in [0.15, 0.2) is 5.78 Å². The smallest absolute Gasteiger partial charge is 0.231 e. The van der Waals surface area contributed by atoms with Crippen molar-refractivity contribution in [3.05, 3.63) is 58.1 Å². The van der Waals surface area contributed by atoms with Gasteiger partial charge in [0.25, 0.3) is 0 Å². The van der Waals surface area contributed by atoms with Gasteiger partial charge in [-0.2, -0.15) is 0 Å². The van der Waals surface area contributed by atoms with Gasteiger partial charge in [-0.25, -0.2) is 0 Å². The molecule has 1 N–H and O–H groups in total. The molecule has 2 aliphatic heterocycles.